The van der Waals surface area contributed by atoms with E-state index in [0.717, 1.165) is 34.7 Å². The summed E-state index contributed by atoms with van der Waals surface area (Å²) in [5.41, 5.74) is 2.13. The van der Waals surface area contributed by atoms with Gasteiger partial charge in [0.2, 0.25) is 0 Å². The van der Waals surface area contributed by atoms with Crippen molar-refractivity contribution in [3.05, 3.63) is 51.9 Å². The van der Waals surface area contributed by atoms with Crippen LogP contribution in [0.25, 0.3) is 11.3 Å². The summed E-state index contributed by atoms with van der Waals surface area (Å²) in [6.07, 6.45) is 1.91. The molecule has 0 fully saturated rings. The van der Waals surface area contributed by atoms with Crippen LogP contribution in [-0.4, -0.2) is 31.7 Å². The number of anilines is 1. The number of carbonyl (C=O) groups is 1. The quantitative estimate of drug-likeness (QED) is 0.384. The molecule has 164 valence electrons. The lowest BCUT2D eigenvalue weighted by atomic mass is 10.1. The summed E-state index contributed by atoms with van der Waals surface area (Å²) >= 11 is 7.77. The maximum absolute atomic E-state index is 12.8. The van der Waals surface area contributed by atoms with Crippen LogP contribution >= 0.6 is 22.9 Å². The summed E-state index contributed by atoms with van der Waals surface area (Å²) in [7, 11) is 3.15. The second-order valence-corrected chi connectivity index (χ2v) is 8.41. The highest BCUT2D eigenvalue weighted by Crippen LogP contribution is 2.37. The zero-order chi connectivity index (χ0) is 22.4. The van der Waals surface area contributed by atoms with Crippen molar-refractivity contribution >= 4 is 34.0 Å². The number of hydrogen-bond acceptors (Lipinski definition) is 6. The number of rotatable bonds is 9. The first kappa shape index (κ1) is 22.9. The standard InChI is InChI=1S/C23H25ClN2O4S/c1-5-6-11-30-21-18(24)12-16(13-19(21)29-4)22(27)26-23-25-20(14(2)31-23)15-7-9-17(28-3)10-8-15/h7-10,12-13H,5-6,11H2,1-4H3,(H,25,26,27). The van der Waals surface area contributed by atoms with Crippen LogP contribution in [0, 0.1) is 6.92 Å². The minimum absolute atomic E-state index is 0.324. The normalized spacial score (nSPS) is 10.6. The predicted octanol–water partition coefficient (Wildman–Crippen LogP) is 6.22. The Hall–Kier alpha value is -2.77. The molecule has 8 heteroatoms. The smallest absolute Gasteiger partial charge is 0.257 e. The Labute approximate surface area is 191 Å². The first-order valence-corrected chi connectivity index (χ1v) is 11.1. The van der Waals surface area contributed by atoms with E-state index in [2.05, 4.69) is 17.2 Å². The van der Waals surface area contributed by atoms with Crippen molar-refractivity contribution in [3.63, 3.8) is 0 Å². The van der Waals surface area contributed by atoms with Crippen molar-refractivity contribution in [1.29, 1.82) is 0 Å². The van der Waals surface area contributed by atoms with Crippen LogP contribution in [0.5, 0.6) is 17.2 Å². The van der Waals surface area contributed by atoms with Crippen molar-refractivity contribution in [1.82, 2.24) is 4.98 Å². The molecule has 1 aromatic heterocycles. The topological polar surface area (TPSA) is 69.7 Å². The number of nitrogens with zero attached hydrogens (tertiary/aromatic N) is 1. The number of aromatic nitrogens is 1. The molecular weight excluding hydrogens is 436 g/mol. The Morgan fingerprint density at radius 2 is 1.90 bits per heavy atom. The average molecular weight is 461 g/mol. The van der Waals surface area contributed by atoms with Gasteiger partial charge in [-0.1, -0.05) is 24.9 Å². The fourth-order valence-electron chi connectivity index (χ4n) is 2.95. The van der Waals surface area contributed by atoms with Crippen LogP contribution in [0.1, 0.15) is 35.0 Å². The lowest BCUT2D eigenvalue weighted by Crippen LogP contribution is -2.12. The third kappa shape index (κ3) is 5.48. The van der Waals surface area contributed by atoms with E-state index < -0.39 is 0 Å². The number of carbonyl (C=O) groups excluding carboxylic acids is 1. The van der Waals surface area contributed by atoms with E-state index in [-0.39, 0.29) is 5.91 Å². The van der Waals surface area contributed by atoms with Crippen molar-refractivity contribution in [2.24, 2.45) is 0 Å². The number of methoxy groups -OCH3 is 2. The predicted molar refractivity (Wildman–Crippen MR) is 125 cm³/mol. The second kappa shape index (κ2) is 10.5. The highest BCUT2D eigenvalue weighted by atomic mass is 35.5. The van der Waals surface area contributed by atoms with Crippen molar-refractivity contribution in [2.45, 2.75) is 26.7 Å². The molecule has 0 spiro atoms. The molecular formula is C23H25ClN2O4S. The molecule has 0 bridgehead atoms. The SMILES string of the molecule is CCCCOc1c(Cl)cc(C(=O)Nc2nc(-c3ccc(OC)cc3)c(C)s2)cc1OC. The number of benzene rings is 2. The summed E-state index contributed by atoms with van der Waals surface area (Å²) in [6, 6.07) is 10.8. The van der Waals surface area contributed by atoms with Gasteiger partial charge in [-0.25, -0.2) is 4.98 Å². The molecule has 1 amide bonds. The average Bonchev–Trinajstić information content (AvgIpc) is 3.14. The van der Waals surface area contributed by atoms with Crippen LogP contribution in [0.15, 0.2) is 36.4 Å². The number of amides is 1. The van der Waals surface area contributed by atoms with Crippen LogP contribution in [-0.2, 0) is 0 Å². The summed E-state index contributed by atoms with van der Waals surface area (Å²) in [5, 5.41) is 3.69. The molecule has 0 saturated carbocycles. The molecule has 3 rings (SSSR count). The van der Waals surface area contributed by atoms with E-state index in [1.807, 2.05) is 31.2 Å². The maximum atomic E-state index is 12.8. The number of nitrogens with one attached hydrogen (secondary N) is 1. The van der Waals surface area contributed by atoms with Gasteiger partial charge in [-0.3, -0.25) is 10.1 Å². The van der Waals surface area contributed by atoms with Gasteiger partial charge in [0.05, 0.1) is 31.5 Å². The molecule has 6 nitrogen and oxygen atoms in total. The summed E-state index contributed by atoms with van der Waals surface area (Å²) in [4.78, 5) is 18.4. The Balaban J connectivity index is 1.79. The first-order chi connectivity index (χ1) is 15.0. The van der Waals surface area contributed by atoms with Crippen molar-refractivity contribution in [3.8, 4) is 28.5 Å². The zero-order valence-electron chi connectivity index (χ0n) is 18.0. The highest BCUT2D eigenvalue weighted by molar-refractivity contribution is 7.16. The third-order valence-corrected chi connectivity index (χ3v) is 5.78. The number of unbranched alkanes of at least 4 members (excludes halogenated alkanes) is 1. The maximum Gasteiger partial charge on any atom is 0.257 e. The molecule has 1 N–H and O–H groups in total. The zero-order valence-corrected chi connectivity index (χ0v) is 19.5. The molecule has 2 aromatic carbocycles. The number of halogens is 1. The van der Waals surface area contributed by atoms with E-state index in [0.29, 0.717) is 33.8 Å². The third-order valence-electron chi connectivity index (χ3n) is 4.62. The van der Waals surface area contributed by atoms with E-state index in [4.69, 9.17) is 25.8 Å². The van der Waals surface area contributed by atoms with Gasteiger partial charge in [0.25, 0.3) is 5.91 Å². The van der Waals surface area contributed by atoms with Crippen LogP contribution < -0.4 is 19.5 Å². The summed E-state index contributed by atoms with van der Waals surface area (Å²) in [5.74, 6) is 1.32. The van der Waals surface area contributed by atoms with Gasteiger partial charge in [0, 0.05) is 16.0 Å². The molecule has 31 heavy (non-hydrogen) atoms. The molecule has 0 aliphatic rings. The van der Waals surface area contributed by atoms with Crippen LogP contribution in [0.3, 0.4) is 0 Å². The molecule has 0 atom stereocenters. The fourth-order valence-corrected chi connectivity index (χ4v) is 4.04. The largest absolute Gasteiger partial charge is 0.497 e. The molecule has 1 heterocycles. The van der Waals surface area contributed by atoms with Crippen molar-refractivity contribution < 1.29 is 19.0 Å². The van der Waals surface area contributed by atoms with E-state index in [9.17, 15) is 4.79 Å². The minimum Gasteiger partial charge on any atom is -0.497 e. The number of aryl methyl sites for hydroxylation is 1. The second-order valence-electron chi connectivity index (χ2n) is 6.80. The van der Waals surface area contributed by atoms with Crippen LogP contribution in [0.2, 0.25) is 5.02 Å². The number of ether oxygens (including phenoxy) is 3. The Morgan fingerprint density at radius 3 is 2.55 bits per heavy atom. The first-order valence-electron chi connectivity index (χ1n) is 9.90. The summed E-state index contributed by atoms with van der Waals surface area (Å²) < 4.78 is 16.3. The van der Waals surface area contributed by atoms with Gasteiger partial charge in [-0.2, -0.15) is 0 Å². The number of hydrogen-bond donors (Lipinski definition) is 1. The Kier molecular flexibility index (Phi) is 7.76. The van der Waals surface area contributed by atoms with Crippen molar-refractivity contribution in [2.75, 3.05) is 26.1 Å². The number of thiazole rings is 1. The molecule has 0 radical (unpaired) electrons. The van der Waals surface area contributed by atoms with E-state index in [1.54, 1.807) is 19.2 Å². The van der Waals surface area contributed by atoms with Gasteiger partial charge in [-0.15, -0.1) is 11.3 Å². The Morgan fingerprint density at radius 1 is 1.16 bits per heavy atom. The lowest BCUT2D eigenvalue weighted by molar-refractivity contribution is 0.102. The van der Waals surface area contributed by atoms with E-state index >= 15 is 0 Å². The fraction of sp³-hybridized carbons (Fsp3) is 0.304. The van der Waals surface area contributed by atoms with Gasteiger partial charge in [0.15, 0.2) is 16.6 Å². The van der Waals surface area contributed by atoms with Gasteiger partial charge in [-0.05, 0) is 49.7 Å². The summed E-state index contributed by atoms with van der Waals surface area (Å²) in [6.45, 7) is 4.58. The highest BCUT2D eigenvalue weighted by Gasteiger charge is 2.18. The molecule has 0 unspecified atom stereocenters. The molecule has 0 aliphatic carbocycles. The Bertz CT molecular complexity index is 1050. The van der Waals surface area contributed by atoms with E-state index in [1.165, 1.54) is 18.4 Å². The van der Waals surface area contributed by atoms with Gasteiger partial charge in [0.1, 0.15) is 5.75 Å². The lowest BCUT2D eigenvalue weighted by Gasteiger charge is -2.13. The van der Waals surface area contributed by atoms with Gasteiger partial charge < -0.3 is 14.2 Å². The molecule has 0 aliphatic heterocycles. The molecule has 3 aromatic rings. The monoisotopic (exact) mass is 460 g/mol. The van der Waals surface area contributed by atoms with Crippen LogP contribution in [0.4, 0.5) is 5.13 Å². The minimum atomic E-state index is -0.324. The van der Waals surface area contributed by atoms with Gasteiger partial charge >= 0.3 is 0 Å². The molecule has 0 saturated heterocycles.